The minimum absolute atomic E-state index is 0.0803. The van der Waals surface area contributed by atoms with Gasteiger partial charge < -0.3 is 14.5 Å². The van der Waals surface area contributed by atoms with E-state index in [0.717, 1.165) is 28.1 Å². The summed E-state index contributed by atoms with van der Waals surface area (Å²) in [5, 5.41) is 5.12. The van der Waals surface area contributed by atoms with Crippen LogP contribution < -0.4 is 5.32 Å². The van der Waals surface area contributed by atoms with E-state index in [1.807, 2.05) is 43.3 Å². The fraction of sp³-hybridized carbons (Fsp3) is 0.235. The van der Waals surface area contributed by atoms with E-state index in [2.05, 4.69) is 10.3 Å². The second-order valence-corrected chi connectivity index (χ2v) is 5.56. The molecule has 5 heteroatoms. The molecule has 22 heavy (non-hydrogen) atoms. The topological polar surface area (TPSA) is 47.3 Å². The van der Waals surface area contributed by atoms with Crippen molar-refractivity contribution in [1.82, 2.24) is 4.98 Å². The zero-order valence-corrected chi connectivity index (χ0v) is 13.2. The summed E-state index contributed by atoms with van der Waals surface area (Å²) in [6.07, 6.45) is 1.77. The molecule has 0 spiro atoms. The van der Waals surface area contributed by atoms with Gasteiger partial charge in [0.1, 0.15) is 17.6 Å². The van der Waals surface area contributed by atoms with Crippen molar-refractivity contribution in [2.24, 2.45) is 0 Å². The summed E-state index contributed by atoms with van der Waals surface area (Å²) in [5.41, 5.74) is 1.84. The first-order chi connectivity index (χ1) is 10.7. The Kier molecular flexibility index (Phi) is 4.32. The molecular weight excluding hydrogens is 300 g/mol. The van der Waals surface area contributed by atoms with Gasteiger partial charge in [-0.2, -0.15) is 0 Å². The van der Waals surface area contributed by atoms with Crippen LogP contribution in [0.15, 0.2) is 47.0 Å². The number of methoxy groups -OCH3 is 1. The molecule has 0 fully saturated rings. The summed E-state index contributed by atoms with van der Waals surface area (Å²) in [6.45, 7) is 2.42. The quantitative estimate of drug-likeness (QED) is 0.748. The number of halogens is 1. The number of pyridine rings is 1. The average Bonchev–Trinajstić information content (AvgIpc) is 2.94. The van der Waals surface area contributed by atoms with E-state index >= 15 is 0 Å². The number of benzene rings is 1. The number of furan rings is 1. The van der Waals surface area contributed by atoms with Crippen molar-refractivity contribution in [3.8, 4) is 0 Å². The summed E-state index contributed by atoms with van der Waals surface area (Å²) in [4.78, 5) is 4.36. The van der Waals surface area contributed by atoms with Crippen molar-refractivity contribution in [1.29, 1.82) is 0 Å². The Bertz CT molecular complexity index is 785. The Morgan fingerprint density at radius 2 is 2.14 bits per heavy atom. The van der Waals surface area contributed by atoms with Crippen LogP contribution in [0, 0.1) is 6.92 Å². The van der Waals surface area contributed by atoms with Gasteiger partial charge in [0.05, 0.1) is 12.1 Å². The molecule has 0 amide bonds. The lowest BCUT2D eigenvalue weighted by atomic mass is 10.1. The molecule has 0 aliphatic rings. The molecule has 0 bridgehead atoms. The van der Waals surface area contributed by atoms with Gasteiger partial charge in [-0.1, -0.05) is 11.6 Å². The van der Waals surface area contributed by atoms with Crippen LogP contribution in [-0.4, -0.2) is 18.7 Å². The second-order valence-electron chi connectivity index (χ2n) is 5.12. The lowest BCUT2D eigenvalue weighted by Crippen LogP contribution is -2.16. The molecule has 1 atom stereocenters. The minimum Gasteiger partial charge on any atom is -0.464 e. The average molecular weight is 317 g/mol. The van der Waals surface area contributed by atoms with Gasteiger partial charge in [-0.15, -0.1) is 0 Å². The normalized spacial score (nSPS) is 12.5. The zero-order chi connectivity index (χ0) is 15.5. The Hall–Kier alpha value is -2.04. The molecule has 3 rings (SSSR count). The Morgan fingerprint density at radius 3 is 2.86 bits per heavy atom. The molecule has 0 aliphatic carbocycles. The number of aryl methyl sites for hydroxylation is 1. The highest BCUT2D eigenvalue weighted by Crippen LogP contribution is 2.29. The molecule has 1 aromatic carbocycles. The monoisotopic (exact) mass is 316 g/mol. The first-order valence-electron chi connectivity index (χ1n) is 7.03. The molecule has 1 N–H and O–H groups in total. The summed E-state index contributed by atoms with van der Waals surface area (Å²) in [6, 6.07) is 11.4. The van der Waals surface area contributed by atoms with E-state index in [4.69, 9.17) is 20.8 Å². The minimum atomic E-state index is -0.0803. The maximum atomic E-state index is 6.11. The highest BCUT2D eigenvalue weighted by atomic mass is 35.5. The van der Waals surface area contributed by atoms with Crippen LogP contribution in [-0.2, 0) is 4.74 Å². The van der Waals surface area contributed by atoms with Crippen LogP contribution >= 0.6 is 11.6 Å². The Morgan fingerprint density at radius 1 is 1.27 bits per heavy atom. The molecule has 2 heterocycles. The molecule has 0 radical (unpaired) electrons. The standard InChI is InChI=1S/C17H17ClN2O2/c1-11-3-6-17(22-11)16(10-21-2)20-15-7-8-19-14-5-4-12(18)9-13(14)15/h3-9,16H,10H2,1-2H3,(H,19,20). The lowest BCUT2D eigenvalue weighted by Gasteiger charge is -2.18. The largest absolute Gasteiger partial charge is 0.464 e. The number of fused-ring (bicyclic) bond motifs is 1. The van der Waals surface area contributed by atoms with E-state index in [1.54, 1.807) is 13.3 Å². The Labute approximate surface area is 134 Å². The summed E-state index contributed by atoms with van der Waals surface area (Å²) < 4.78 is 11.0. The van der Waals surface area contributed by atoms with Gasteiger partial charge in [0.15, 0.2) is 0 Å². The highest BCUT2D eigenvalue weighted by Gasteiger charge is 2.16. The van der Waals surface area contributed by atoms with Gasteiger partial charge >= 0.3 is 0 Å². The number of hydrogen-bond donors (Lipinski definition) is 1. The van der Waals surface area contributed by atoms with Crippen LogP contribution in [0.2, 0.25) is 5.02 Å². The predicted molar refractivity (Wildman–Crippen MR) is 88.4 cm³/mol. The van der Waals surface area contributed by atoms with Gasteiger partial charge in [-0.05, 0) is 43.3 Å². The van der Waals surface area contributed by atoms with Crippen LogP contribution in [0.3, 0.4) is 0 Å². The number of nitrogens with zero attached hydrogens (tertiary/aromatic N) is 1. The van der Waals surface area contributed by atoms with Crippen molar-refractivity contribution in [2.45, 2.75) is 13.0 Å². The fourth-order valence-corrected chi connectivity index (χ4v) is 2.61. The number of nitrogens with one attached hydrogen (secondary N) is 1. The van der Waals surface area contributed by atoms with E-state index in [0.29, 0.717) is 11.6 Å². The van der Waals surface area contributed by atoms with Crippen LogP contribution in [0.4, 0.5) is 5.69 Å². The summed E-state index contributed by atoms with van der Waals surface area (Å²) in [7, 11) is 1.67. The molecule has 3 aromatic rings. The molecule has 0 aliphatic heterocycles. The maximum Gasteiger partial charge on any atom is 0.128 e. The fourth-order valence-electron chi connectivity index (χ4n) is 2.43. The molecule has 114 valence electrons. The Balaban J connectivity index is 1.97. The SMILES string of the molecule is COCC(Nc1ccnc2ccc(Cl)cc12)c1ccc(C)o1. The number of aromatic nitrogens is 1. The van der Waals surface area contributed by atoms with Gasteiger partial charge in [-0.3, -0.25) is 4.98 Å². The van der Waals surface area contributed by atoms with Crippen LogP contribution in [0.25, 0.3) is 10.9 Å². The summed E-state index contributed by atoms with van der Waals surface area (Å²) >= 11 is 6.11. The number of rotatable bonds is 5. The molecular formula is C17H17ClN2O2. The lowest BCUT2D eigenvalue weighted by molar-refractivity contribution is 0.178. The highest BCUT2D eigenvalue weighted by molar-refractivity contribution is 6.31. The molecule has 1 unspecified atom stereocenters. The number of hydrogen-bond acceptors (Lipinski definition) is 4. The molecule has 4 nitrogen and oxygen atoms in total. The third-order valence-electron chi connectivity index (χ3n) is 3.47. The number of ether oxygens (including phenoxy) is 1. The van der Waals surface area contributed by atoms with Crippen molar-refractivity contribution in [3.63, 3.8) is 0 Å². The van der Waals surface area contributed by atoms with Gasteiger partial charge in [0.25, 0.3) is 0 Å². The van der Waals surface area contributed by atoms with Crippen molar-refractivity contribution >= 4 is 28.2 Å². The molecule has 0 saturated carbocycles. The number of anilines is 1. The third-order valence-corrected chi connectivity index (χ3v) is 3.71. The van der Waals surface area contributed by atoms with E-state index in [1.165, 1.54) is 0 Å². The van der Waals surface area contributed by atoms with E-state index in [-0.39, 0.29) is 6.04 Å². The first kappa shape index (κ1) is 14.9. The van der Waals surface area contributed by atoms with E-state index in [9.17, 15) is 0 Å². The second kappa shape index (κ2) is 6.38. The van der Waals surface area contributed by atoms with Crippen molar-refractivity contribution < 1.29 is 9.15 Å². The van der Waals surface area contributed by atoms with Crippen LogP contribution in [0.1, 0.15) is 17.6 Å². The van der Waals surface area contributed by atoms with Gasteiger partial charge in [0.2, 0.25) is 0 Å². The van der Waals surface area contributed by atoms with Crippen molar-refractivity contribution in [3.05, 3.63) is 59.1 Å². The van der Waals surface area contributed by atoms with Gasteiger partial charge in [-0.25, -0.2) is 0 Å². The van der Waals surface area contributed by atoms with Gasteiger partial charge in [0, 0.05) is 29.4 Å². The van der Waals surface area contributed by atoms with E-state index < -0.39 is 0 Å². The van der Waals surface area contributed by atoms with Crippen molar-refractivity contribution in [2.75, 3.05) is 19.0 Å². The third kappa shape index (κ3) is 3.08. The predicted octanol–water partition coefficient (Wildman–Crippen LogP) is 4.59. The molecule has 0 saturated heterocycles. The summed E-state index contributed by atoms with van der Waals surface area (Å²) in [5.74, 6) is 1.71. The zero-order valence-electron chi connectivity index (χ0n) is 12.5. The smallest absolute Gasteiger partial charge is 0.128 e. The molecule has 2 aromatic heterocycles. The first-order valence-corrected chi connectivity index (χ1v) is 7.41. The van der Waals surface area contributed by atoms with Crippen LogP contribution in [0.5, 0.6) is 0 Å². The maximum absolute atomic E-state index is 6.11.